The van der Waals surface area contributed by atoms with Gasteiger partial charge < -0.3 is 9.80 Å². The molecule has 1 aliphatic rings. The minimum Gasteiger partial charge on any atom is -0.368 e. The van der Waals surface area contributed by atoms with Gasteiger partial charge in [0.15, 0.2) is 0 Å². The summed E-state index contributed by atoms with van der Waals surface area (Å²) in [6.07, 6.45) is 1.66. The molecular weight excluding hydrogens is 316 g/mol. The summed E-state index contributed by atoms with van der Waals surface area (Å²) < 4.78 is 0. The fraction of sp³-hybridized carbons (Fsp3) is 0.250. The van der Waals surface area contributed by atoms with E-state index in [0.717, 1.165) is 47.2 Å². The Morgan fingerprint density at radius 1 is 1.00 bits per heavy atom. The molecule has 0 atom stereocenters. The first-order chi connectivity index (χ1) is 10.8. The molecule has 4 nitrogen and oxygen atoms in total. The van der Waals surface area contributed by atoms with Crippen LogP contribution in [0.3, 0.4) is 0 Å². The van der Waals surface area contributed by atoms with Crippen LogP contribution in [0.25, 0.3) is 10.2 Å². The molecule has 0 amide bonds. The third kappa shape index (κ3) is 2.51. The standard InChI is InChI=1S/C16H15ClN4S/c17-12-2-1-3-13(10-12)20-5-7-21(8-6-20)15-14-4-9-22-16(14)19-11-18-15/h1-4,9-11H,5-8H2. The summed E-state index contributed by atoms with van der Waals surface area (Å²) in [7, 11) is 0. The molecule has 0 spiro atoms. The molecule has 1 fully saturated rings. The zero-order valence-electron chi connectivity index (χ0n) is 11.9. The van der Waals surface area contributed by atoms with Crippen LogP contribution in [-0.4, -0.2) is 36.1 Å². The van der Waals surface area contributed by atoms with Gasteiger partial charge in [-0.05, 0) is 29.6 Å². The van der Waals surface area contributed by atoms with E-state index in [2.05, 4.69) is 37.3 Å². The van der Waals surface area contributed by atoms with Crippen LogP contribution in [-0.2, 0) is 0 Å². The Bertz CT molecular complexity index is 795. The van der Waals surface area contributed by atoms with Gasteiger partial charge in [-0.25, -0.2) is 9.97 Å². The highest BCUT2D eigenvalue weighted by Gasteiger charge is 2.20. The first kappa shape index (κ1) is 13.8. The van der Waals surface area contributed by atoms with Gasteiger partial charge >= 0.3 is 0 Å². The molecule has 0 radical (unpaired) electrons. The summed E-state index contributed by atoms with van der Waals surface area (Å²) in [6.45, 7) is 3.84. The number of thiophene rings is 1. The van der Waals surface area contributed by atoms with Crippen molar-refractivity contribution < 1.29 is 0 Å². The highest BCUT2D eigenvalue weighted by Crippen LogP contribution is 2.28. The Morgan fingerprint density at radius 3 is 2.64 bits per heavy atom. The number of hydrogen-bond acceptors (Lipinski definition) is 5. The molecule has 3 heterocycles. The normalized spacial score (nSPS) is 15.5. The average molecular weight is 331 g/mol. The predicted molar refractivity (Wildman–Crippen MR) is 93.3 cm³/mol. The number of fused-ring (bicyclic) bond motifs is 1. The summed E-state index contributed by atoms with van der Waals surface area (Å²) in [5.41, 5.74) is 1.19. The molecule has 0 unspecified atom stereocenters. The van der Waals surface area contributed by atoms with Crippen LogP contribution in [0.1, 0.15) is 0 Å². The number of rotatable bonds is 2. The Balaban J connectivity index is 1.53. The maximum atomic E-state index is 6.09. The van der Waals surface area contributed by atoms with Gasteiger partial charge in [0.25, 0.3) is 0 Å². The smallest absolute Gasteiger partial charge is 0.140 e. The van der Waals surface area contributed by atoms with Crippen molar-refractivity contribution in [2.45, 2.75) is 0 Å². The zero-order chi connectivity index (χ0) is 14.9. The van der Waals surface area contributed by atoms with Gasteiger partial charge in [-0.1, -0.05) is 17.7 Å². The minimum atomic E-state index is 0.788. The lowest BCUT2D eigenvalue weighted by atomic mass is 10.2. The molecule has 6 heteroatoms. The zero-order valence-corrected chi connectivity index (χ0v) is 13.5. The minimum absolute atomic E-state index is 0.788. The molecule has 4 rings (SSSR count). The Labute approximate surface area is 138 Å². The summed E-state index contributed by atoms with van der Waals surface area (Å²) in [5.74, 6) is 1.05. The van der Waals surface area contributed by atoms with Crippen molar-refractivity contribution in [1.82, 2.24) is 9.97 Å². The summed E-state index contributed by atoms with van der Waals surface area (Å²) in [5, 5.41) is 4.02. The molecule has 1 aromatic carbocycles. The first-order valence-corrected chi connectivity index (χ1v) is 8.51. The van der Waals surface area contributed by atoms with E-state index in [1.165, 1.54) is 5.69 Å². The molecule has 1 saturated heterocycles. The van der Waals surface area contributed by atoms with Crippen molar-refractivity contribution in [3.63, 3.8) is 0 Å². The summed E-state index contributed by atoms with van der Waals surface area (Å²) >= 11 is 7.75. The average Bonchev–Trinajstić information content (AvgIpc) is 3.04. The van der Waals surface area contributed by atoms with E-state index in [4.69, 9.17) is 11.6 Å². The number of piperazine rings is 1. The van der Waals surface area contributed by atoms with Crippen molar-refractivity contribution in [1.29, 1.82) is 0 Å². The second-order valence-corrected chi connectivity index (χ2v) is 6.62. The second kappa shape index (κ2) is 5.74. The number of halogens is 1. The predicted octanol–water partition coefficient (Wildman–Crippen LogP) is 3.67. The Morgan fingerprint density at radius 2 is 1.82 bits per heavy atom. The van der Waals surface area contributed by atoms with Gasteiger partial charge in [0.1, 0.15) is 17.0 Å². The summed E-state index contributed by atoms with van der Waals surface area (Å²) in [6, 6.07) is 10.2. The van der Waals surface area contributed by atoms with Gasteiger partial charge in [0.2, 0.25) is 0 Å². The van der Waals surface area contributed by atoms with Gasteiger partial charge in [0, 0.05) is 36.9 Å². The molecule has 0 aliphatic carbocycles. The van der Waals surface area contributed by atoms with Crippen molar-refractivity contribution >= 4 is 44.7 Å². The number of anilines is 2. The SMILES string of the molecule is Clc1cccc(N2CCN(c3ncnc4sccc34)CC2)c1. The fourth-order valence-electron chi connectivity index (χ4n) is 2.88. The largest absolute Gasteiger partial charge is 0.368 e. The second-order valence-electron chi connectivity index (χ2n) is 5.29. The highest BCUT2D eigenvalue weighted by molar-refractivity contribution is 7.16. The quantitative estimate of drug-likeness (QED) is 0.717. The van der Waals surface area contributed by atoms with Crippen LogP contribution in [0.4, 0.5) is 11.5 Å². The van der Waals surface area contributed by atoms with Gasteiger partial charge in [-0.15, -0.1) is 11.3 Å². The van der Waals surface area contributed by atoms with Crippen LogP contribution in [0.15, 0.2) is 42.0 Å². The topological polar surface area (TPSA) is 32.3 Å². The highest BCUT2D eigenvalue weighted by atomic mass is 35.5. The van der Waals surface area contributed by atoms with Crippen molar-refractivity contribution in [3.8, 4) is 0 Å². The van der Waals surface area contributed by atoms with Crippen LogP contribution in [0.2, 0.25) is 5.02 Å². The van der Waals surface area contributed by atoms with E-state index in [1.807, 2.05) is 18.2 Å². The third-order valence-corrected chi connectivity index (χ3v) is 5.05. The number of nitrogens with zero attached hydrogens (tertiary/aromatic N) is 4. The fourth-order valence-corrected chi connectivity index (χ4v) is 3.79. The molecule has 112 valence electrons. The molecular formula is C16H15ClN4S. The van der Waals surface area contributed by atoms with Crippen molar-refractivity contribution in [3.05, 3.63) is 47.1 Å². The number of aromatic nitrogens is 2. The lowest BCUT2D eigenvalue weighted by molar-refractivity contribution is 0.649. The van der Waals surface area contributed by atoms with Crippen LogP contribution in [0.5, 0.6) is 0 Å². The van der Waals surface area contributed by atoms with Gasteiger partial charge in [0.05, 0.1) is 5.39 Å². The summed E-state index contributed by atoms with van der Waals surface area (Å²) in [4.78, 5) is 14.6. The monoisotopic (exact) mass is 330 g/mol. The number of benzene rings is 1. The first-order valence-electron chi connectivity index (χ1n) is 7.25. The van der Waals surface area contributed by atoms with Crippen molar-refractivity contribution in [2.75, 3.05) is 36.0 Å². The Hall–Kier alpha value is -1.85. The van der Waals surface area contributed by atoms with E-state index in [1.54, 1.807) is 17.7 Å². The molecule has 2 aromatic heterocycles. The van der Waals surface area contributed by atoms with E-state index in [0.29, 0.717) is 0 Å². The molecule has 22 heavy (non-hydrogen) atoms. The molecule has 0 N–H and O–H groups in total. The van der Waals surface area contributed by atoms with E-state index in [-0.39, 0.29) is 0 Å². The third-order valence-electron chi connectivity index (χ3n) is 3.99. The molecule has 0 bridgehead atoms. The van der Waals surface area contributed by atoms with E-state index in [9.17, 15) is 0 Å². The maximum absolute atomic E-state index is 6.09. The van der Waals surface area contributed by atoms with Gasteiger partial charge in [-0.2, -0.15) is 0 Å². The van der Waals surface area contributed by atoms with Gasteiger partial charge in [-0.3, -0.25) is 0 Å². The van der Waals surface area contributed by atoms with Crippen LogP contribution < -0.4 is 9.80 Å². The number of hydrogen-bond donors (Lipinski definition) is 0. The van der Waals surface area contributed by atoms with Crippen LogP contribution in [0, 0.1) is 0 Å². The van der Waals surface area contributed by atoms with Crippen LogP contribution >= 0.6 is 22.9 Å². The van der Waals surface area contributed by atoms with E-state index < -0.39 is 0 Å². The Kier molecular flexibility index (Phi) is 3.60. The lowest BCUT2D eigenvalue weighted by Crippen LogP contribution is -2.46. The molecule has 1 aliphatic heterocycles. The molecule has 0 saturated carbocycles. The lowest BCUT2D eigenvalue weighted by Gasteiger charge is -2.37. The maximum Gasteiger partial charge on any atom is 0.140 e. The van der Waals surface area contributed by atoms with E-state index >= 15 is 0 Å². The van der Waals surface area contributed by atoms with Crippen molar-refractivity contribution in [2.24, 2.45) is 0 Å². The molecule has 3 aromatic rings.